The smallest absolute Gasteiger partial charge is 0.263 e. The molecular weight excluding hydrogens is 351 g/mol. The predicted molar refractivity (Wildman–Crippen MR) is 96.5 cm³/mol. The number of halogens is 3. The zero-order valence-corrected chi connectivity index (χ0v) is 13.9. The van der Waals surface area contributed by atoms with Crippen molar-refractivity contribution in [2.24, 2.45) is 0 Å². The van der Waals surface area contributed by atoms with Crippen LogP contribution >= 0.6 is 0 Å². The van der Waals surface area contributed by atoms with E-state index in [1.54, 1.807) is 0 Å². The number of benzene rings is 3. The van der Waals surface area contributed by atoms with Gasteiger partial charge in [-0.05, 0) is 53.6 Å². The minimum absolute atomic E-state index is 0.000824. The highest BCUT2D eigenvalue weighted by Gasteiger charge is 2.20. The lowest BCUT2D eigenvalue weighted by molar-refractivity contribution is 0.151. The van der Waals surface area contributed by atoms with Gasteiger partial charge in [0.05, 0.1) is 11.6 Å². The van der Waals surface area contributed by atoms with Crippen molar-refractivity contribution in [3.8, 4) is 46.4 Å². The highest BCUT2D eigenvalue weighted by atomic mass is 19.3. The number of nitriles is 1. The van der Waals surface area contributed by atoms with Gasteiger partial charge in [0.25, 0.3) is 6.43 Å². The summed E-state index contributed by atoms with van der Waals surface area (Å²) >= 11 is 0. The van der Waals surface area contributed by atoms with E-state index in [2.05, 4.69) is 5.92 Å². The van der Waals surface area contributed by atoms with Gasteiger partial charge >= 0.3 is 0 Å². The highest BCUT2D eigenvalue weighted by Crippen LogP contribution is 2.40. The van der Waals surface area contributed by atoms with Crippen LogP contribution in [0.2, 0.25) is 0 Å². The van der Waals surface area contributed by atoms with E-state index in [0.717, 1.165) is 6.07 Å². The van der Waals surface area contributed by atoms with Crippen LogP contribution in [0, 0.1) is 29.5 Å². The molecule has 0 aliphatic heterocycles. The van der Waals surface area contributed by atoms with Gasteiger partial charge in [0.2, 0.25) is 0 Å². The second-order valence-electron chi connectivity index (χ2n) is 5.78. The molecule has 0 bridgehead atoms. The Balaban J connectivity index is 2.43. The molecule has 0 amide bonds. The fourth-order valence-electron chi connectivity index (χ4n) is 2.89. The monoisotopic (exact) mass is 363 g/mol. The van der Waals surface area contributed by atoms with Crippen LogP contribution in [0.25, 0.3) is 22.3 Å². The highest BCUT2D eigenvalue weighted by molar-refractivity contribution is 5.90. The maximum Gasteiger partial charge on any atom is 0.263 e. The van der Waals surface area contributed by atoms with Gasteiger partial charge in [-0.25, -0.2) is 13.2 Å². The molecule has 0 atom stereocenters. The van der Waals surface area contributed by atoms with Crippen molar-refractivity contribution >= 4 is 0 Å². The van der Waals surface area contributed by atoms with Crippen LogP contribution in [0.4, 0.5) is 13.2 Å². The number of rotatable bonds is 3. The number of phenols is 1. The Kier molecular flexibility index (Phi) is 4.88. The third-order valence-electron chi connectivity index (χ3n) is 4.12. The summed E-state index contributed by atoms with van der Waals surface area (Å²) in [6, 6.07) is 13.8. The molecule has 0 radical (unpaired) electrons. The Labute approximate surface area is 154 Å². The van der Waals surface area contributed by atoms with Gasteiger partial charge in [-0.2, -0.15) is 5.26 Å². The van der Waals surface area contributed by atoms with Crippen molar-refractivity contribution < 1.29 is 18.3 Å². The standard InChI is InChI=1S/C22H12F3NO/c1-2-13-3-6-17(23)11-20(13)21-16(12-26)9-15(22(24)25)10-19(21)14-4-7-18(27)8-5-14/h1,3-11,22,27H. The maximum atomic E-state index is 13.9. The van der Waals surface area contributed by atoms with Crippen LogP contribution < -0.4 is 0 Å². The van der Waals surface area contributed by atoms with Crippen molar-refractivity contribution in [2.75, 3.05) is 0 Å². The largest absolute Gasteiger partial charge is 0.508 e. The average Bonchev–Trinajstić information content (AvgIpc) is 2.67. The first-order valence-electron chi connectivity index (χ1n) is 7.86. The zero-order valence-electron chi connectivity index (χ0n) is 13.9. The molecule has 5 heteroatoms. The topological polar surface area (TPSA) is 44.0 Å². The van der Waals surface area contributed by atoms with Crippen molar-refractivity contribution in [3.63, 3.8) is 0 Å². The first kappa shape index (κ1) is 18.1. The minimum Gasteiger partial charge on any atom is -0.508 e. The molecule has 0 aliphatic rings. The lowest BCUT2D eigenvalue weighted by atomic mass is 9.87. The van der Waals surface area contributed by atoms with E-state index in [0.29, 0.717) is 16.7 Å². The molecule has 3 aromatic carbocycles. The molecule has 2 nitrogen and oxygen atoms in total. The van der Waals surface area contributed by atoms with Gasteiger partial charge in [-0.3, -0.25) is 0 Å². The van der Waals surface area contributed by atoms with Gasteiger partial charge in [0.15, 0.2) is 0 Å². The minimum atomic E-state index is -2.79. The first-order chi connectivity index (χ1) is 12.9. The quantitative estimate of drug-likeness (QED) is 0.611. The van der Waals surface area contributed by atoms with E-state index in [4.69, 9.17) is 6.42 Å². The Bertz CT molecular complexity index is 1090. The van der Waals surface area contributed by atoms with Gasteiger partial charge in [0, 0.05) is 22.3 Å². The molecule has 27 heavy (non-hydrogen) atoms. The van der Waals surface area contributed by atoms with E-state index in [9.17, 15) is 23.5 Å². The molecule has 0 fully saturated rings. The van der Waals surface area contributed by atoms with Crippen LogP contribution in [0.15, 0.2) is 54.6 Å². The molecule has 0 heterocycles. The van der Waals surface area contributed by atoms with E-state index in [1.165, 1.54) is 48.5 Å². The van der Waals surface area contributed by atoms with E-state index >= 15 is 0 Å². The van der Waals surface area contributed by atoms with Crippen LogP contribution in [-0.4, -0.2) is 5.11 Å². The summed E-state index contributed by atoms with van der Waals surface area (Å²) < 4.78 is 40.6. The van der Waals surface area contributed by atoms with Crippen molar-refractivity contribution in [3.05, 3.63) is 77.1 Å². The zero-order chi connectivity index (χ0) is 19.6. The fourth-order valence-corrected chi connectivity index (χ4v) is 2.89. The normalized spacial score (nSPS) is 10.4. The van der Waals surface area contributed by atoms with Crippen LogP contribution in [0.5, 0.6) is 5.75 Å². The molecule has 0 spiro atoms. The van der Waals surface area contributed by atoms with Gasteiger partial charge in [-0.1, -0.05) is 18.1 Å². The molecule has 0 unspecified atom stereocenters. The van der Waals surface area contributed by atoms with Gasteiger partial charge in [-0.15, -0.1) is 6.42 Å². The van der Waals surface area contributed by atoms with Crippen LogP contribution in [0.3, 0.4) is 0 Å². The molecule has 0 aromatic heterocycles. The molecule has 3 rings (SSSR count). The number of terminal acetylenes is 1. The third-order valence-corrected chi connectivity index (χ3v) is 4.12. The van der Waals surface area contributed by atoms with E-state index in [1.807, 2.05) is 6.07 Å². The number of hydrogen-bond acceptors (Lipinski definition) is 2. The fraction of sp³-hybridized carbons (Fsp3) is 0.0455. The molecule has 0 saturated carbocycles. The van der Waals surface area contributed by atoms with Gasteiger partial charge in [0.1, 0.15) is 11.6 Å². The van der Waals surface area contributed by atoms with Crippen molar-refractivity contribution in [2.45, 2.75) is 6.43 Å². The lowest BCUT2D eigenvalue weighted by Crippen LogP contribution is -1.97. The summed E-state index contributed by atoms with van der Waals surface area (Å²) in [6.45, 7) is 0. The summed E-state index contributed by atoms with van der Waals surface area (Å²) in [7, 11) is 0. The lowest BCUT2D eigenvalue weighted by Gasteiger charge is -2.16. The third kappa shape index (κ3) is 3.49. The van der Waals surface area contributed by atoms with Crippen molar-refractivity contribution in [1.29, 1.82) is 5.26 Å². The molecular formula is C22H12F3NO. The summed E-state index contributed by atoms with van der Waals surface area (Å²) in [5.41, 5.74) is 1.26. The molecule has 3 aromatic rings. The Morgan fingerprint density at radius 2 is 1.63 bits per heavy atom. The number of aromatic hydroxyl groups is 1. The van der Waals surface area contributed by atoms with E-state index < -0.39 is 12.2 Å². The maximum absolute atomic E-state index is 13.9. The van der Waals surface area contributed by atoms with Gasteiger partial charge < -0.3 is 5.11 Å². The second-order valence-corrected chi connectivity index (χ2v) is 5.78. The van der Waals surface area contributed by atoms with Crippen LogP contribution in [-0.2, 0) is 0 Å². The first-order valence-corrected chi connectivity index (χ1v) is 7.86. The molecule has 1 N–H and O–H groups in total. The average molecular weight is 363 g/mol. The number of nitrogens with zero attached hydrogens (tertiary/aromatic N) is 1. The predicted octanol–water partition coefficient (Wildman–Crippen LogP) is 5.66. The van der Waals surface area contributed by atoms with Crippen molar-refractivity contribution in [1.82, 2.24) is 0 Å². The number of phenolic OH excluding ortho intramolecular Hbond substituents is 1. The summed E-state index contributed by atoms with van der Waals surface area (Å²) in [5, 5.41) is 19.1. The number of hydrogen-bond donors (Lipinski definition) is 1. The second kappa shape index (κ2) is 7.27. The molecule has 0 aliphatic carbocycles. The van der Waals surface area contributed by atoms with E-state index in [-0.39, 0.29) is 28.0 Å². The Hall–Kier alpha value is -3.70. The summed E-state index contributed by atoms with van der Waals surface area (Å²) in [4.78, 5) is 0. The Morgan fingerprint density at radius 1 is 0.926 bits per heavy atom. The number of alkyl halides is 2. The molecule has 0 saturated heterocycles. The SMILES string of the molecule is C#Cc1ccc(F)cc1-c1c(C#N)cc(C(F)F)cc1-c1ccc(O)cc1. The Morgan fingerprint density at radius 3 is 2.22 bits per heavy atom. The summed E-state index contributed by atoms with van der Waals surface area (Å²) in [5.74, 6) is 1.87. The summed E-state index contributed by atoms with van der Waals surface area (Å²) in [6.07, 6.45) is 2.72. The van der Waals surface area contributed by atoms with Crippen LogP contribution in [0.1, 0.15) is 23.1 Å². The molecule has 132 valence electrons.